The highest BCUT2D eigenvalue weighted by molar-refractivity contribution is 6.33. The molecule has 2 heterocycles. The van der Waals surface area contributed by atoms with E-state index in [1.54, 1.807) is 0 Å². The molecule has 2 aromatic rings. The third-order valence-electron chi connectivity index (χ3n) is 6.29. The van der Waals surface area contributed by atoms with Gasteiger partial charge in [-0.25, -0.2) is 0 Å². The largest absolute Gasteiger partial charge is 0.369 e. The fourth-order valence-corrected chi connectivity index (χ4v) is 4.68. The Labute approximate surface area is 180 Å². The average Bonchev–Trinajstić information content (AvgIpc) is 2.76. The van der Waals surface area contributed by atoms with Crippen molar-refractivity contribution in [1.29, 1.82) is 0 Å². The average molecular weight is 413 g/mol. The number of halogens is 1. The Balaban J connectivity index is 1.14. The number of aryl methyl sites for hydroxylation is 1. The molecule has 29 heavy (non-hydrogen) atoms. The molecule has 0 unspecified atom stereocenters. The van der Waals surface area contributed by atoms with E-state index in [1.807, 2.05) is 12.1 Å². The van der Waals surface area contributed by atoms with Crippen LogP contribution in [0, 0.1) is 6.92 Å². The molecule has 2 aliphatic rings. The standard InChI is InChI=1S/C24H33ClN4/c1-21-7-9-22(10-8-21)28-17-13-26(14-18-28)11-4-12-27-15-19-29(20-16-27)24-6-3-2-5-23(24)25/h2-3,5-10H,4,11-20H2,1H3. The van der Waals surface area contributed by atoms with Gasteiger partial charge in [0, 0.05) is 58.0 Å². The lowest BCUT2D eigenvalue weighted by Gasteiger charge is -2.38. The first-order valence-corrected chi connectivity index (χ1v) is 11.3. The molecule has 0 aliphatic carbocycles. The number of hydrogen-bond acceptors (Lipinski definition) is 4. The molecule has 0 bridgehead atoms. The van der Waals surface area contributed by atoms with E-state index in [0.717, 1.165) is 44.3 Å². The first kappa shape index (κ1) is 20.5. The van der Waals surface area contributed by atoms with Crippen LogP contribution in [0.5, 0.6) is 0 Å². The first-order valence-electron chi connectivity index (χ1n) is 10.9. The fraction of sp³-hybridized carbons (Fsp3) is 0.500. The van der Waals surface area contributed by atoms with Gasteiger partial charge >= 0.3 is 0 Å². The third-order valence-corrected chi connectivity index (χ3v) is 6.61. The van der Waals surface area contributed by atoms with Gasteiger partial charge in [-0.1, -0.05) is 41.4 Å². The zero-order chi connectivity index (χ0) is 20.1. The minimum absolute atomic E-state index is 0.866. The molecule has 4 rings (SSSR count). The summed E-state index contributed by atoms with van der Waals surface area (Å²) in [6.45, 7) is 13.6. The Morgan fingerprint density at radius 1 is 0.690 bits per heavy atom. The van der Waals surface area contributed by atoms with Gasteiger partial charge in [0.15, 0.2) is 0 Å². The van der Waals surface area contributed by atoms with Gasteiger partial charge < -0.3 is 9.80 Å². The van der Waals surface area contributed by atoms with Crippen molar-refractivity contribution in [3.8, 4) is 0 Å². The summed E-state index contributed by atoms with van der Waals surface area (Å²) in [5, 5.41) is 0.866. The fourth-order valence-electron chi connectivity index (χ4n) is 4.42. The maximum absolute atomic E-state index is 6.36. The monoisotopic (exact) mass is 412 g/mol. The third kappa shape index (κ3) is 5.44. The van der Waals surface area contributed by atoms with Crippen molar-refractivity contribution in [2.45, 2.75) is 13.3 Å². The smallest absolute Gasteiger partial charge is 0.0639 e. The molecular weight excluding hydrogens is 380 g/mol. The van der Waals surface area contributed by atoms with Gasteiger partial charge in [0.2, 0.25) is 0 Å². The van der Waals surface area contributed by atoms with E-state index in [4.69, 9.17) is 11.6 Å². The quantitative estimate of drug-likeness (QED) is 0.711. The number of hydrogen-bond donors (Lipinski definition) is 0. The van der Waals surface area contributed by atoms with Crippen molar-refractivity contribution in [3.63, 3.8) is 0 Å². The molecule has 2 saturated heterocycles. The Morgan fingerprint density at radius 2 is 1.24 bits per heavy atom. The Kier molecular flexibility index (Phi) is 6.96. The maximum atomic E-state index is 6.36. The lowest BCUT2D eigenvalue weighted by Crippen LogP contribution is -2.48. The van der Waals surface area contributed by atoms with Gasteiger partial charge in [-0.05, 0) is 50.7 Å². The summed E-state index contributed by atoms with van der Waals surface area (Å²) in [4.78, 5) is 10.2. The van der Waals surface area contributed by atoms with Gasteiger partial charge in [0.05, 0.1) is 10.7 Å². The van der Waals surface area contributed by atoms with E-state index < -0.39 is 0 Å². The molecular formula is C24H33ClN4. The number of para-hydroxylation sites is 1. The van der Waals surface area contributed by atoms with Gasteiger partial charge in [-0.2, -0.15) is 0 Å². The van der Waals surface area contributed by atoms with Crippen LogP contribution in [-0.4, -0.2) is 75.2 Å². The normalized spacial score (nSPS) is 19.0. The van der Waals surface area contributed by atoms with Crippen LogP contribution in [-0.2, 0) is 0 Å². The number of piperazine rings is 2. The molecule has 0 spiro atoms. The highest BCUT2D eigenvalue weighted by Gasteiger charge is 2.20. The van der Waals surface area contributed by atoms with Crippen LogP contribution in [0.3, 0.4) is 0 Å². The molecule has 4 nitrogen and oxygen atoms in total. The number of benzene rings is 2. The van der Waals surface area contributed by atoms with Crippen molar-refractivity contribution in [1.82, 2.24) is 9.80 Å². The van der Waals surface area contributed by atoms with Crippen molar-refractivity contribution in [2.75, 3.05) is 75.2 Å². The van der Waals surface area contributed by atoms with E-state index in [2.05, 4.69) is 62.9 Å². The summed E-state index contributed by atoms with van der Waals surface area (Å²) < 4.78 is 0. The highest BCUT2D eigenvalue weighted by atomic mass is 35.5. The SMILES string of the molecule is Cc1ccc(N2CCN(CCCN3CCN(c4ccccc4Cl)CC3)CC2)cc1. The van der Waals surface area contributed by atoms with E-state index in [0.29, 0.717) is 0 Å². The lowest BCUT2D eigenvalue weighted by molar-refractivity contribution is 0.213. The van der Waals surface area contributed by atoms with Crippen LogP contribution in [0.25, 0.3) is 0 Å². The molecule has 156 valence electrons. The molecule has 0 amide bonds. The van der Waals surface area contributed by atoms with Crippen molar-refractivity contribution in [2.24, 2.45) is 0 Å². The molecule has 2 aliphatic heterocycles. The van der Waals surface area contributed by atoms with Crippen molar-refractivity contribution >= 4 is 23.0 Å². The van der Waals surface area contributed by atoms with Crippen LogP contribution in [0.1, 0.15) is 12.0 Å². The van der Waals surface area contributed by atoms with Crippen LogP contribution in [0.4, 0.5) is 11.4 Å². The van der Waals surface area contributed by atoms with Crippen molar-refractivity contribution in [3.05, 3.63) is 59.1 Å². The Hall–Kier alpha value is -1.75. The minimum Gasteiger partial charge on any atom is -0.369 e. The summed E-state index contributed by atoms with van der Waals surface area (Å²) in [7, 11) is 0. The minimum atomic E-state index is 0.866. The molecule has 0 N–H and O–H groups in total. The first-order chi connectivity index (χ1) is 14.2. The lowest BCUT2D eigenvalue weighted by atomic mass is 10.2. The Bertz CT molecular complexity index is 763. The summed E-state index contributed by atoms with van der Waals surface area (Å²) in [5.41, 5.74) is 3.88. The molecule has 0 radical (unpaired) electrons. The van der Waals surface area contributed by atoms with Crippen LogP contribution in [0.2, 0.25) is 5.02 Å². The van der Waals surface area contributed by atoms with Gasteiger partial charge in [0.1, 0.15) is 0 Å². The molecule has 0 aromatic heterocycles. The van der Waals surface area contributed by atoms with E-state index in [1.165, 1.54) is 49.5 Å². The second-order valence-corrected chi connectivity index (χ2v) is 8.71. The van der Waals surface area contributed by atoms with E-state index in [-0.39, 0.29) is 0 Å². The van der Waals surface area contributed by atoms with E-state index >= 15 is 0 Å². The second-order valence-electron chi connectivity index (χ2n) is 8.30. The Morgan fingerprint density at radius 3 is 1.83 bits per heavy atom. The molecule has 2 aromatic carbocycles. The summed E-state index contributed by atoms with van der Waals surface area (Å²) >= 11 is 6.36. The van der Waals surface area contributed by atoms with Crippen LogP contribution >= 0.6 is 11.6 Å². The molecule has 0 saturated carbocycles. The molecule has 2 fully saturated rings. The predicted molar refractivity (Wildman–Crippen MR) is 125 cm³/mol. The second kappa shape index (κ2) is 9.84. The number of rotatable bonds is 6. The van der Waals surface area contributed by atoms with E-state index in [9.17, 15) is 0 Å². The number of nitrogens with zero attached hydrogens (tertiary/aromatic N) is 4. The molecule has 0 atom stereocenters. The predicted octanol–water partition coefficient (Wildman–Crippen LogP) is 3.98. The maximum Gasteiger partial charge on any atom is 0.0639 e. The summed E-state index contributed by atoms with van der Waals surface area (Å²) in [6.07, 6.45) is 1.26. The zero-order valence-corrected chi connectivity index (χ0v) is 18.3. The van der Waals surface area contributed by atoms with Crippen LogP contribution in [0.15, 0.2) is 48.5 Å². The van der Waals surface area contributed by atoms with Crippen LogP contribution < -0.4 is 9.80 Å². The van der Waals surface area contributed by atoms with Crippen molar-refractivity contribution < 1.29 is 0 Å². The topological polar surface area (TPSA) is 13.0 Å². The van der Waals surface area contributed by atoms with Gasteiger partial charge in [-0.15, -0.1) is 0 Å². The zero-order valence-electron chi connectivity index (χ0n) is 17.6. The molecule has 5 heteroatoms. The van der Waals surface area contributed by atoms with Gasteiger partial charge in [-0.3, -0.25) is 9.80 Å². The van der Waals surface area contributed by atoms with Gasteiger partial charge in [0.25, 0.3) is 0 Å². The summed E-state index contributed by atoms with van der Waals surface area (Å²) in [5.74, 6) is 0. The highest BCUT2D eigenvalue weighted by Crippen LogP contribution is 2.26. The summed E-state index contributed by atoms with van der Waals surface area (Å²) in [6, 6.07) is 17.1. The number of anilines is 2.